The highest BCUT2D eigenvalue weighted by atomic mass is 16.4. The molecule has 0 atom stereocenters. The Bertz CT molecular complexity index is 324. The van der Waals surface area contributed by atoms with Crippen LogP contribution in [0.4, 0.5) is 0 Å². The van der Waals surface area contributed by atoms with Crippen molar-refractivity contribution in [3.8, 4) is 0 Å². The minimum absolute atomic E-state index is 0.0455. The number of aliphatic hydroxyl groups excluding tert-OH is 1. The molecular formula is C18H36N2O4. The van der Waals surface area contributed by atoms with E-state index in [0.717, 1.165) is 12.8 Å². The molecule has 6 heteroatoms. The van der Waals surface area contributed by atoms with Gasteiger partial charge in [-0.05, 0) is 6.42 Å². The van der Waals surface area contributed by atoms with Gasteiger partial charge in [0, 0.05) is 26.1 Å². The first-order valence-electron chi connectivity index (χ1n) is 9.43. The maximum Gasteiger partial charge on any atom is 0.317 e. The highest BCUT2D eigenvalue weighted by Crippen LogP contribution is 2.11. The highest BCUT2D eigenvalue weighted by molar-refractivity contribution is 5.76. The van der Waals surface area contributed by atoms with Crippen LogP contribution in [0.5, 0.6) is 0 Å². The molecule has 0 aliphatic carbocycles. The molecule has 0 aromatic carbocycles. The maximum atomic E-state index is 12.1. The minimum Gasteiger partial charge on any atom is -0.480 e. The van der Waals surface area contributed by atoms with E-state index in [9.17, 15) is 9.59 Å². The molecule has 142 valence electrons. The summed E-state index contributed by atoms with van der Waals surface area (Å²) >= 11 is 0. The van der Waals surface area contributed by atoms with Gasteiger partial charge in [0.15, 0.2) is 0 Å². The number of carboxylic acids is 1. The molecule has 0 aliphatic rings. The Labute approximate surface area is 146 Å². The van der Waals surface area contributed by atoms with E-state index in [-0.39, 0.29) is 19.1 Å². The average molecular weight is 344 g/mol. The Morgan fingerprint density at radius 1 is 0.917 bits per heavy atom. The van der Waals surface area contributed by atoms with Crippen molar-refractivity contribution in [2.45, 2.75) is 71.1 Å². The first kappa shape index (κ1) is 22.9. The van der Waals surface area contributed by atoms with Crippen molar-refractivity contribution in [2.24, 2.45) is 0 Å². The fourth-order valence-electron chi connectivity index (χ4n) is 2.64. The fraction of sp³-hybridized carbons (Fsp3) is 0.889. The van der Waals surface area contributed by atoms with Crippen LogP contribution in [-0.2, 0) is 9.59 Å². The summed E-state index contributed by atoms with van der Waals surface area (Å²) in [5.74, 6) is -0.867. The van der Waals surface area contributed by atoms with Gasteiger partial charge in [0.1, 0.15) is 0 Å². The lowest BCUT2D eigenvalue weighted by Crippen LogP contribution is -2.39. The molecule has 0 rings (SSSR count). The summed E-state index contributed by atoms with van der Waals surface area (Å²) in [7, 11) is 0. The normalized spacial score (nSPS) is 10.8. The van der Waals surface area contributed by atoms with Crippen molar-refractivity contribution in [1.82, 2.24) is 10.2 Å². The van der Waals surface area contributed by atoms with E-state index in [0.29, 0.717) is 26.1 Å². The maximum absolute atomic E-state index is 12.1. The number of aliphatic carboxylic acids is 1. The van der Waals surface area contributed by atoms with Gasteiger partial charge in [0.2, 0.25) is 5.91 Å². The predicted molar refractivity (Wildman–Crippen MR) is 96.0 cm³/mol. The van der Waals surface area contributed by atoms with Crippen LogP contribution in [0.15, 0.2) is 0 Å². The molecule has 0 bridgehead atoms. The molecule has 0 aromatic rings. The third-order valence-corrected chi connectivity index (χ3v) is 4.05. The summed E-state index contributed by atoms with van der Waals surface area (Å²) in [6.07, 6.45) is 11.4. The van der Waals surface area contributed by atoms with Gasteiger partial charge in [-0.1, -0.05) is 58.3 Å². The molecule has 3 N–H and O–H groups in total. The number of hydrogen-bond donors (Lipinski definition) is 3. The number of nitrogens with zero attached hydrogens (tertiary/aromatic N) is 1. The molecule has 6 nitrogen and oxygen atoms in total. The van der Waals surface area contributed by atoms with E-state index >= 15 is 0 Å². The molecular weight excluding hydrogens is 308 g/mol. The second-order valence-electron chi connectivity index (χ2n) is 6.25. The van der Waals surface area contributed by atoms with Crippen molar-refractivity contribution >= 4 is 11.9 Å². The predicted octanol–water partition coefficient (Wildman–Crippen LogP) is 2.40. The molecule has 0 radical (unpaired) electrons. The van der Waals surface area contributed by atoms with Gasteiger partial charge >= 0.3 is 5.97 Å². The summed E-state index contributed by atoms with van der Waals surface area (Å²) in [6, 6.07) is 0. The van der Waals surface area contributed by atoms with Gasteiger partial charge < -0.3 is 20.4 Å². The van der Waals surface area contributed by atoms with E-state index in [1.54, 1.807) is 4.90 Å². The zero-order valence-corrected chi connectivity index (χ0v) is 15.3. The van der Waals surface area contributed by atoms with E-state index in [4.69, 9.17) is 10.2 Å². The number of unbranched alkanes of at least 4 members (excludes halogenated alkanes) is 8. The first-order valence-corrected chi connectivity index (χ1v) is 9.43. The molecule has 0 saturated heterocycles. The lowest BCUT2D eigenvalue weighted by atomic mass is 10.1. The summed E-state index contributed by atoms with van der Waals surface area (Å²) in [5, 5.41) is 20.4. The number of carbonyl (C=O) groups excluding carboxylic acids is 1. The standard InChI is InChI=1S/C18H36N2O4/c1-2-3-4-5-6-7-8-9-10-11-17(22)20(14-15-21)13-12-19-16-18(23)24/h19,21H,2-16H2,1H3,(H,23,24). The summed E-state index contributed by atoms with van der Waals surface area (Å²) in [6.45, 7) is 3.21. The lowest BCUT2D eigenvalue weighted by Gasteiger charge is -2.22. The number of nitrogens with one attached hydrogen (secondary N) is 1. The highest BCUT2D eigenvalue weighted by Gasteiger charge is 2.12. The summed E-state index contributed by atoms with van der Waals surface area (Å²) < 4.78 is 0. The van der Waals surface area contributed by atoms with E-state index in [1.807, 2.05) is 0 Å². The Balaban J connectivity index is 3.69. The van der Waals surface area contributed by atoms with Crippen molar-refractivity contribution in [2.75, 3.05) is 32.8 Å². The van der Waals surface area contributed by atoms with E-state index in [2.05, 4.69) is 12.2 Å². The topological polar surface area (TPSA) is 89.9 Å². The number of carbonyl (C=O) groups is 2. The largest absolute Gasteiger partial charge is 0.480 e. The van der Waals surface area contributed by atoms with Crippen molar-refractivity contribution in [3.63, 3.8) is 0 Å². The van der Waals surface area contributed by atoms with Crippen LogP contribution in [0.3, 0.4) is 0 Å². The number of rotatable bonds is 17. The summed E-state index contributed by atoms with van der Waals surface area (Å²) in [5.41, 5.74) is 0. The molecule has 0 fully saturated rings. The van der Waals surface area contributed by atoms with Gasteiger partial charge in [0.25, 0.3) is 0 Å². The van der Waals surface area contributed by atoms with Crippen molar-refractivity contribution < 1.29 is 19.8 Å². The molecule has 24 heavy (non-hydrogen) atoms. The quantitative estimate of drug-likeness (QED) is 0.353. The third kappa shape index (κ3) is 14.5. The SMILES string of the molecule is CCCCCCCCCCCC(=O)N(CCO)CCNCC(=O)O. The molecule has 0 spiro atoms. The fourth-order valence-corrected chi connectivity index (χ4v) is 2.64. The molecule has 0 aromatic heterocycles. The van der Waals surface area contributed by atoms with E-state index in [1.165, 1.54) is 44.9 Å². The second kappa shape index (κ2) is 16.7. The Kier molecular flexibility index (Phi) is 15.9. The van der Waals surface area contributed by atoms with Crippen LogP contribution in [0.25, 0.3) is 0 Å². The molecule has 0 heterocycles. The van der Waals surface area contributed by atoms with Gasteiger partial charge in [0.05, 0.1) is 13.2 Å². The van der Waals surface area contributed by atoms with Crippen LogP contribution in [-0.4, -0.2) is 59.8 Å². The zero-order chi connectivity index (χ0) is 18.0. The smallest absolute Gasteiger partial charge is 0.317 e. The van der Waals surface area contributed by atoms with Gasteiger partial charge in [-0.15, -0.1) is 0 Å². The molecule has 0 unspecified atom stereocenters. The first-order chi connectivity index (χ1) is 11.6. The lowest BCUT2D eigenvalue weighted by molar-refractivity contribution is -0.135. The third-order valence-electron chi connectivity index (χ3n) is 4.05. The number of carboxylic acid groups (broad SMARTS) is 1. The Morgan fingerprint density at radius 2 is 1.50 bits per heavy atom. The molecule has 0 saturated carbocycles. The molecule has 0 aliphatic heterocycles. The van der Waals surface area contributed by atoms with Gasteiger partial charge in [-0.2, -0.15) is 0 Å². The average Bonchev–Trinajstić information content (AvgIpc) is 2.55. The van der Waals surface area contributed by atoms with Crippen LogP contribution < -0.4 is 5.32 Å². The summed E-state index contributed by atoms with van der Waals surface area (Å²) in [4.78, 5) is 24.2. The number of amides is 1. The number of aliphatic hydroxyl groups is 1. The van der Waals surface area contributed by atoms with Crippen molar-refractivity contribution in [1.29, 1.82) is 0 Å². The zero-order valence-electron chi connectivity index (χ0n) is 15.3. The van der Waals surface area contributed by atoms with Crippen LogP contribution >= 0.6 is 0 Å². The Morgan fingerprint density at radius 3 is 2.04 bits per heavy atom. The molecule has 1 amide bonds. The van der Waals surface area contributed by atoms with Crippen LogP contribution in [0.2, 0.25) is 0 Å². The van der Waals surface area contributed by atoms with Crippen LogP contribution in [0.1, 0.15) is 71.1 Å². The van der Waals surface area contributed by atoms with Crippen LogP contribution in [0, 0.1) is 0 Å². The number of hydrogen-bond acceptors (Lipinski definition) is 4. The van der Waals surface area contributed by atoms with E-state index < -0.39 is 5.97 Å². The Hall–Kier alpha value is -1.14. The minimum atomic E-state index is -0.912. The second-order valence-corrected chi connectivity index (χ2v) is 6.25. The van der Waals surface area contributed by atoms with Gasteiger partial charge in [-0.3, -0.25) is 9.59 Å². The monoisotopic (exact) mass is 344 g/mol. The van der Waals surface area contributed by atoms with Crippen molar-refractivity contribution in [3.05, 3.63) is 0 Å². The van der Waals surface area contributed by atoms with Gasteiger partial charge in [-0.25, -0.2) is 0 Å².